The van der Waals surface area contributed by atoms with E-state index in [1.807, 2.05) is 0 Å². The Kier molecular flexibility index (Phi) is 13.6. The molecule has 0 bridgehead atoms. The van der Waals surface area contributed by atoms with E-state index in [1.54, 1.807) is 10.5 Å². The summed E-state index contributed by atoms with van der Waals surface area (Å²) in [7, 11) is 0. The van der Waals surface area contributed by atoms with Gasteiger partial charge in [0.05, 0.1) is 0 Å². The molecule has 0 spiro atoms. The third kappa shape index (κ3) is 11.1. The molecular weight excluding hydrogens is 585 g/mol. The van der Waals surface area contributed by atoms with E-state index in [0.29, 0.717) is 15.4 Å². The molecule has 0 aliphatic carbocycles. The number of benzene rings is 4. The quantitative estimate of drug-likeness (QED) is 0.123. The van der Waals surface area contributed by atoms with Crippen LogP contribution in [-0.2, 0) is 12.8 Å². The topological polar surface area (TPSA) is 52.9 Å². The minimum Gasteiger partial charge on any atom is -0.469 e. The van der Waals surface area contributed by atoms with Crippen molar-refractivity contribution in [1.29, 1.82) is 0 Å². The first-order valence-corrected chi connectivity index (χ1v) is 19.0. The summed E-state index contributed by atoms with van der Waals surface area (Å²) >= 11 is 0.437. The molecule has 4 nitrogen and oxygen atoms in total. The maximum atomic E-state index is 4.39. The monoisotopic (exact) mass is 634 g/mol. The molecule has 4 aromatic carbocycles. The minimum atomic E-state index is 0.437. The van der Waals surface area contributed by atoms with Crippen molar-refractivity contribution < 1.29 is 0 Å². The van der Waals surface area contributed by atoms with E-state index in [1.165, 1.54) is 45.5 Å². The molecule has 43 heavy (non-hydrogen) atoms. The van der Waals surface area contributed by atoms with Crippen molar-refractivity contribution in [3.05, 3.63) is 107 Å². The summed E-state index contributed by atoms with van der Waals surface area (Å²) in [6, 6.07) is 29.8. The average molecular weight is 633 g/mol. The average Bonchev–Trinajstić information content (AvgIpc) is 3.73. The molecular formula is C38H48GeN4-2. The van der Waals surface area contributed by atoms with Gasteiger partial charge in [0.1, 0.15) is 0 Å². The standard InChI is InChI=1S/2C14H13N2.C10H22Ge/c2*1-2-7-13-11(4-1)5-3-6-12(13)10-14-15-8-9-16-14;1-9(2)5-7-11-8-6-10(3)4/h2*1-7H,8-10H2;9-10H,5-8H2,1-4H3/q2*-1;. The van der Waals surface area contributed by atoms with Crippen LogP contribution < -0.4 is 0 Å². The van der Waals surface area contributed by atoms with Gasteiger partial charge in [-0.2, -0.15) is 0 Å². The van der Waals surface area contributed by atoms with Crippen molar-refractivity contribution in [1.82, 2.24) is 0 Å². The van der Waals surface area contributed by atoms with Crippen molar-refractivity contribution in [2.75, 3.05) is 26.2 Å². The van der Waals surface area contributed by atoms with Crippen LogP contribution in [0.5, 0.6) is 0 Å². The maximum absolute atomic E-state index is 4.39. The van der Waals surface area contributed by atoms with Gasteiger partial charge in [-0.25, -0.2) is 0 Å². The normalized spacial score (nSPS) is 14.0. The fourth-order valence-corrected chi connectivity index (χ4v) is 8.98. The van der Waals surface area contributed by atoms with Gasteiger partial charge in [0, 0.05) is 0 Å². The van der Waals surface area contributed by atoms with Gasteiger partial charge in [0.15, 0.2) is 0 Å². The molecule has 2 aliphatic rings. The van der Waals surface area contributed by atoms with Crippen molar-refractivity contribution >= 4 is 48.6 Å². The second-order valence-corrected chi connectivity index (χ2v) is 15.3. The van der Waals surface area contributed by atoms with Crippen molar-refractivity contribution in [3.63, 3.8) is 0 Å². The molecule has 2 radical (unpaired) electrons. The molecule has 0 N–H and O–H groups in total. The SMILES string of the molecule is CC(C)C[CH2][Ge][CH2]CC(C)C.c1ccc2c(CC3=NCC[N-]3)cccc2c1.c1ccc2c(CC3=NCC[N-]3)cccc2c1. The molecule has 0 fully saturated rings. The number of aliphatic imine (C=N–C) groups is 2. The third-order valence-corrected chi connectivity index (χ3v) is 10.3. The van der Waals surface area contributed by atoms with Crippen LogP contribution in [0.15, 0.2) is 94.9 Å². The maximum Gasteiger partial charge on any atom is -0.0103 e. The Balaban J connectivity index is 0.000000151. The van der Waals surface area contributed by atoms with E-state index in [4.69, 9.17) is 0 Å². The Morgan fingerprint density at radius 1 is 0.581 bits per heavy atom. The van der Waals surface area contributed by atoms with Gasteiger partial charge in [-0.1, -0.05) is 123 Å². The zero-order valence-electron chi connectivity index (χ0n) is 26.6. The van der Waals surface area contributed by atoms with Crippen molar-refractivity contribution in [2.24, 2.45) is 21.8 Å². The Labute approximate surface area is 266 Å². The Hall–Kier alpha value is -3.12. The molecule has 6 rings (SSSR count). The van der Waals surface area contributed by atoms with Crippen LogP contribution >= 0.6 is 0 Å². The van der Waals surface area contributed by atoms with Crippen molar-refractivity contribution in [3.8, 4) is 0 Å². The number of rotatable bonds is 10. The Morgan fingerprint density at radius 3 is 1.40 bits per heavy atom. The molecule has 5 heteroatoms. The van der Waals surface area contributed by atoms with Gasteiger partial charge in [-0.15, -0.1) is 0 Å². The van der Waals surface area contributed by atoms with Gasteiger partial charge < -0.3 is 20.6 Å². The summed E-state index contributed by atoms with van der Waals surface area (Å²) in [5, 5.41) is 17.1. The van der Waals surface area contributed by atoms with Gasteiger partial charge in [0.25, 0.3) is 0 Å². The molecule has 2 heterocycles. The Bertz CT molecular complexity index is 1350. The zero-order chi connectivity index (χ0) is 30.3. The summed E-state index contributed by atoms with van der Waals surface area (Å²) in [5.74, 6) is 3.85. The summed E-state index contributed by atoms with van der Waals surface area (Å²) in [6.07, 6.45) is 4.67. The van der Waals surface area contributed by atoms with E-state index >= 15 is 0 Å². The fourth-order valence-electron chi connectivity index (χ4n) is 5.18. The molecule has 0 unspecified atom stereocenters. The molecule has 0 atom stereocenters. The van der Waals surface area contributed by atoms with E-state index in [-0.39, 0.29) is 0 Å². The van der Waals surface area contributed by atoms with Crippen LogP contribution in [0.1, 0.15) is 51.7 Å². The largest absolute Gasteiger partial charge is 0.469 e. The molecule has 0 amide bonds. The second kappa shape index (κ2) is 17.9. The summed E-state index contributed by atoms with van der Waals surface area (Å²) in [5.41, 5.74) is 2.64. The van der Waals surface area contributed by atoms with Gasteiger partial charge in [0.2, 0.25) is 0 Å². The minimum absolute atomic E-state index is 0.437. The van der Waals surface area contributed by atoms with Gasteiger partial charge >= 0.3 is 78.3 Å². The van der Waals surface area contributed by atoms with Crippen molar-refractivity contribution in [2.45, 2.75) is 63.9 Å². The molecule has 4 aromatic rings. The smallest absolute Gasteiger partial charge is 0.0103 e. The number of hydrogen-bond acceptors (Lipinski definition) is 2. The van der Waals surface area contributed by atoms with Crippen LogP contribution in [0.2, 0.25) is 10.5 Å². The molecule has 226 valence electrons. The third-order valence-electron chi connectivity index (χ3n) is 7.63. The van der Waals surface area contributed by atoms with Crippen LogP contribution in [-0.4, -0.2) is 53.3 Å². The predicted octanol–water partition coefficient (Wildman–Crippen LogP) is 9.96. The van der Waals surface area contributed by atoms with Crippen LogP contribution in [0.3, 0.4) is 0 Å². The molecule has 0 saturated carbocycles. The first kappa shape index (κ1) is 32.8. The first-order valence-electron chi connectivity index (χ1n) is 16.0. The first-order chi connectivity index (χ1) is 21.0. The van der Waals surface area contributed by atoms with E-state index in [0.717, 1.165) is 62.5 Å². The van der Waals surface area contributed by atoms with Crippen LogP contribution in [0.4, 0.5) is 0 Å². The molecule has 0 saturated heterocycles. The van der Waals surface area contributed by atoms with Gasteiger partial charge in [-0.3, -0.25) is 0 Å². The number of fused-ring (bicyclic) bond motifs is 2. The summed E-state index contributed by atoms with van der Waals surface area (Å²) in [4.78, 5) is 8.78. The zero-order valence-corrected chi connectivity index (χ0v) is 28.7. The summed E-state index contributed by atoms with van der Waals surface area (Å²) in [6.45, 7) is 12.8. The molecule has 0 aromatic heterocycles. The number of nitrogens with zero attached hydrogens (tertiary/aromatic N) is 4. The van der Waals surface area contributed by atoms with E-state index in [2.05, 4.69) is 133 Å². The Morgan fingerprint density at radius 2 is 1.00 bits per heavy atom. The van der Waals surface area contributed by atoms with E-state index in [9.17, 15) is 0 Å². The second-order valence-electron chi connectivity index (χ2n) is 12.1. The fraction of sp³-hybridized carbons (Fsp3) is 0.421. The number of amidine groups is 2. The van der Waals surface area contributed by atoms with E-state index < -0.39 is 0 Å². The molecule has 2 aliphatic heterocycles. The van der Waals surface area contributed by atoms with Crippen LogP contribution in [0.25, 0.3) is 32.2 Å². The number of hydrogen-bond donors (Lipinski definition) is 0. The van der Waals surface area contributed by atoms with Gasteiger partial charge in [-0.05, 0) is 45.5 Å². The summed E-state index contributed by atoms with van der Waals surface area (Å²) < 4.78 is 0. The van der Waals surface area contributed by atoms with Crippen LogP contribution in [0, 0.1) is 11.8 Å². The predicted molar refractivity (Wildman–Crippen MR) is 191 cm³/mol.